The van der Waals surface area contributed by atoms with Gasteiger partial charge in [-0.25, -0.2) is 4.39 Å². The van der Waals surface area contributed by atoms with Gasteiger partial charge in [-0.15, -0.1) is 0 Å². The summed E-state index contributed by atoms with van der Waals surface area (Å²) in [6, 6.07) is 11.9. The molecule has 0 amide bonds. The van der Waals surface area contributed by atoms with Crippen molar-refractivity contribution < 1.29 is 14.2 Å². The van der Waals surface area contributed by atoms with Gasteiger partial charge in [0.05, 0.1) is 17.2 Å². The van der Waals surface area contributed by atoms with Gasteiger partial charge in [0.2, 0.25) is 0 Å². The molecule has 0 radical (unpaired) electrons. The summed E-state index contributed by atoms with van der Waals surface area (Å²) in [6.07, 6.45) is -0.447. The molecule has 1 atom stereocenters. The lowest BCUT2D eigenvalue weighted by Gasteiger charge is -2.15. The summed E-state index contributed by atoms with van der Waals surface area (Å²) >= 11 is 5.91. The Hall–Kier alpha value is -1.58. The molecule has 1 unspecified atom stereocenters. The van der Waals surface area contributed by atoms with E-state index in [9.17, 15) is 9.50 Å². The van der Waals surface area contributed by atoms with Gasteiger partial charge in [0, 0.05) is 6.42 Å². The normalized spacial score (nSPS) is 12.5. The molecule has 2 rings (SSSR count). The highest BCUT2D eigenvalue weighted by Gasteiger charge is 2.13. The van der Waals surface area contributed by atoms with E-state index < -0.39 is 11.9 Å². The van der Waals surface area contributed by atoms with Gasteiger partial charge in [0.1, 0.15) is 11.6 Å². The first-order chi connectivity index (χ1) is 9.97. The summed E-state index contributed by atoms with van der Waals surface area (Å²) in [7, 11) is 0. The Morgan fingerprint density at radius 3 is 2.62 bits per heavy atom. The molecule has 4 heteroatoms. The second-order valence-electron chi connectivity index (χ2n) is 5.17. The number of ether oxygens (including phenoxy) is 1. The highest BCUT2D eigenvalue weighted by molar-refractivity contribution is 6.31. The van der Waals surface area contributed by atoms with E-state index in [4.69, 9.17) is 16.3 Å². The van der Waals surface area contributed by atoms with Crippen molar-refractivity contribution in [1.82, 2.24) is 0 Å². The highest BCUT2D eigenvalue weighted by Crippen LogP contribution is 2.27. The molecule has 0 aliphatic heterocycles. The Balaban J connectivity index is 2.16. The third kappa shape index (κ3) is 4.19. The largest absolute Gasteiger partial charge is 0.491 e. The predicted molar refractivity (Wildman–Crippen MR) is 82.3 cm³/mol. The Kier molecular flexibility index (Phi) is 5.21. The number of hydrogen-bond acceptors (Lipinski definition) is 2. The number of aliphatic hydroxyl groups is 1. The van der Waals surface area contributed by atoms with Crippen LogP contribution in [-0.4, -0.2) is 11.2 Å². The second kappa shape index (κ2) is 6.92. The first-order valence-electron chi connectivity index (χ1n) is 6.85. The zero-order valence-corrected chi connectivity index (χ0v) is 12.8. The Bertz CT molecular complexity index is 613. The van der Waals surface area contributed by atoms with E-state index in [1.807, 2.05) is 32.0 Å². The fraction of sp³-hybridized carbons (Fsp3) is 0.294. The quantitative estimate of drug-likeness (QED) is 0.878. The molecular formula is C17H18ClFO2. The zero-order chi connectivity index (χ0) is 15.4. The molecule has 0 aromatic heterocycles. The minimum atomic E-state index is -0.764. The fourth-order valence-corrected chi connectivity index (χ4v) is 2.30. The average Bonchev–Trinajstić information content (AvgIpc) is 2.43. The van der Waals surface area contributed by atoms with Crippen molar-refractivity contribution in [2.75, 3.05) is 0 Å². The maximum absolute atomic E-state index is 13.4. The Morgan fingerprint density at radius 1 is 1.19 bits per heavy atom. The van der Waals surface area contributed by atoms with Crippen LogP contribution in [0.5, 0.6) is 5.75 Å². The maximum Gasteiger partial charge on any atom is 0.142 e. The molecule has 0 aliphatic carbocycles. The van der Waals surface area contributed by atoms with Gasteiger partial charge in [-0.3, -0.25) is 0 Å². The Morgan fingerprint density at radius 2 is 1.90 bits per heavy atom. The number of hydrogen-bond donors (Lipinski definition) is 1. The summed E-state index contributed by atoms with van der Waals surface area (Å²) in [6.45, 7) is 3.88. The fourth-order valence-electron chi connectivity index (χ4n) is 2.10. The SMILES string of the molecule is CC(C)Oc1cccc(C(O)Cc2cccc(F)c2Cl)c1. The minimum absolute atomic E-state index is 0.0612. The number of rotatable bonds is 5. The molecule has 21 heavy (non-hydrogen) atoms. The first-order valence-corrected chi connectivity index (χ1v) is 7.22. The van der Waals surface area contributed by atoms with Gasteiger partial charge >= 0.3 is 0 Å². The molecule has 1 N–H and O–H groups in total. The summed E-state index contributed by atoms with van der Waals surface area (Å²) in [4.78, 5) is 0. The van der Waals surface area contributed by atoms with Crippen molar-refractivity contribution in [2.24, 2.45) is 0 Å². The summed E-state index contributed by atoms with van der Waals surface area (Å²) in [5.41, 5.74) is 1.30. The molecule has 0 aliphatic rings. The molecule has 0 heterocycles. The van der Waals surface area contributed by atoms with Gasteiger partial charge in [-0.1, -0.05) is 35.9 Å². The van der Waals surface area contributed by atoms with E-state index in [0.717, 1.165) is 0 Å². The molecular weight excluding hydrogens is 291 g/mol. The monoisotopic (exact) mass is 308 g/mol. The number of halogens is 2. The van der Waals surface area contributed by atoms with Gasteiger partial charge in [-0.05, 0) is 43.2 Å². The third-order valence-electron chi connectivity index (χ3n) is 3.06. The molecule has 0 spiro atoms. The van der Waals surface area contributed by atoms with Gasteiger partial charge < -0.3 is 9.84 Å². The van der Waals surface area contributed by atoms with Crippen LogP contribution in [0.4, 0.5) is 4.39 Å². The molecule has 2 aromatic rings. The van der Waals surface area contributed by atoms with E-state index in [-0.39, 0.29) is 17.5 Å². The van der Waals surface area contributed by atoms with Crippen LogP contribution in [0, 0.1) is 5.82 Å². The van der Waals surface area contributed by atoms with Crippen LogP contribution in [0.25, 0.3) is 0 Å². The minimum Gasteiger partial charge on any atom is -0.491 e. The molecule has 112 valence electrons. The van der Waals surface area contributed by atoms with E-state index in [1.54, 1.807) is 18.2 Å². The molecule has 0 saturated heterocycles. The maximum atomic E-state index is 13.4. The summed E-state index contributed by atoms with van der Waals surface area (Å²) in [5, 5.41) is 10.4. The molecule has 2 nitrogen and oxygen atoms in total. The van der Waals surface area contributed by atoms with Crippen LogP contribution < -0.4 is 4.74 Å². The number of aliphatic hydroxyl groups excluding tert-OH is 1. The van der Waals surface area contributed by atoms with E-state index in [0.29, 0.717) is 16.9 Å². The lowest BCUT2D eigenvalue weighted by molar-refractivity contribution is 0.177. The van der Waals surface area contributed by atoms with Gasteiger partial charge in [0.25, 0.3) is 0 Å². The van der Waals surface area contributed by atoms with Crippen molar-refractivity contribution in [2.45, 2.75) is 32.5 Å². The van der Waals surface area contributed by atoms with Crippen LogP contribution >= 0.6 is 11.6 Å². The lowest BCUT2D eigenvalue weighted by Crippen LogP contribution is -2.07. The Labute approximate surface area is 129 Å². The van der Waals surface area contributed by atoms with Crippen molar-refractivity contribution >= 4 is 11.6 Å². The molecule has 0 bridgehead atoms. The van der Waals surface area contributed by atoms with Crippen LogP contribution in [0.15, 0.2) is 42.5 Å². The predicted octanol–water partition coefficient (Wildman–Crippen LogP) is 4.54. The second-order valence-corrected chi connectivity index (χ2v) is 5.55. The third-order valence-corrected chi connectivity index (χ3v) is 3.48. The average molecular weight is 309 g/mol. The van der Waals surface area contributed by atoms with Crippen LogP contribution in [0.3, 0.4) is 0 Å². The first kappa shape index (κ1) is 15.8. The topological polar surface area (TPSA) is 29.5 Å². The van der Waals surface area contributed by atoms with Crippen molar-refractivity contribution in [3.63, 3.8) is 0 Å². The zero-order valence-electron chi connectivity index (χ0n) is 12.0. The van der Waals surface area contributed by atoms with E-state index >= 15 is 0 Å². The summed E-state index contributed by atoms with van der Waals surface area (Å²) < 4.78 is 19.0. The molecule has 0 saturated carbocycles. The van der Waals surface area contributed by atoms with E-state index in [1.165, 1.54) is 6.07 Å². The van der Waals surface area contributed by atoms with Crippen molar-refractivity contribution in [3.8, 4) is 5.75 Å². The van der Waals surface area contributed by atoms with Crippen LogP contribution in [0.2, 0.25) is 5.02 Å². The van der Waals surface area contributed by atoms with Crippen LogP contribution in [-0.2, 0) is 6.42 Å². The van der Waals surface area contributed by atoms with Gasteiger partial charge in [-0.2, -0.15) is 0 Å². The van der Waals surface area contributed by atoms with Crippen molar-refractivity contribution in [1.29, 1.82) is 0 Å². The smallest absolute Gasteiger partial charge is 0.142 e. The van der Waals surface area contributed by atoms with Gasteiger partial charge in [0.15, 0.2) is 0 Å². The van der Waals surface area contributed by atoms with Crippen LogP contribution in [0.1, 0.15) is 31.1 Å². The molecule has 2 aromatic carbocycles. The number of benzene rings is 2. The molecule has 0 fully saturated rings. The standard InChI is InChI=1S/C17H18ClFO2/c1-11(2)21-14-7-3-5-12(9-14)16(20)10-13-6-4-8-15(19)17(13)18/h3-9,11,16,20H,10H2,1-2H3. The summed E-state index contributed by atoms with van der Waals surface area (Å²) in [5.74, 6) is 0.227. The lowest BCUT2D eigenvalue weighted by atomic mass is 10.0. The highest BCUT2D eigenvalue weighted by atomic mass is 35.5. The van der Waals surface area contributed by atoms with E-state index in [2.05, 4.69) is 0 Å². The van der Waals surface area contributed by atoms with Crippen molar-refractivity contribution in [3.05, 3.63) is 64.4 Å².